The number of ketones is 1. The van der Waals surface area contributed by atoms with Crippen LogP contribution in [0.4, 0.5) is 10.2 Å². The Labute approximate surface area is 360 Å². The van der Waals surface area contributed by atoms with E-state index in [1.165, 1.54) is 19.4 Å². The Balaban J connectivity index is 0.000000811. The number of aliphatic imine (C=N–C) groups is 1. The zero-order valence-corrected chi connectivity index (χ0v) is 38.7. The third-order valence-electron chi connectivity index (χ3n) is 11.1. The molecule has 0 amide bonds. The number of anilines is 1. The number of hydrogen-bond donors (Lipinski definition) is 2. The third kappa shape index (κ3) is 10.6. The van der Waals surface area contributed by atoms with Crippen LogP contribution in [0.15, 0.2) is 53.2 Å². The van der Waals surface area contributed by atoms with E-state index in [-0.39, 0.29) is 22.8 Å². The number of rotatable bonds is 8. The molecule has 60 heavy (non-hydrogen) atoms. The lowest BCUT2D eigenvalue weighted by atomic mass is 9.79. The van der Waals surface area contributed by atoms with Gasteiger partial charge in [-0.1, -0.05) is 99.1 Å². The summed E-state index contributed by atoms with van der Waals surface area (Å²) in [5.41, 5.74) is 12.4. The number of ether oxygens (including phenoxy) is 1. The molecule has 0 bridgehead atoms. The maximum atomic E-state index is 15.3. The highest BCUT2D eigenvalue weighted by Gasteiger charge is 2.48. The largest absolute Gasteiger partial charge is 0.461 e. The maximum Gasteiger partial charge on any atom is 0.319 e. The Morgan fingerprint density at radius 2 is 1.80 bits per heavy atom. The van der Waals surface area contributed by atoms with Crippen molar-refractivity contribution < 1.29 is 13.9 Å². The van der Waals surface area contributed by atoms with E-state index in [4.69, 9.17) is 25.4 Å². The minimum atomic E-state index is -0.246. The second kappa shape index (κ2) is 21.7. The predicted octanol–water partition coefficient (Wildman–Crippen LogP) is 11.1. The van der Waals surface area contributed by atoms with E-state index >= 15 is 4.39 Å². The van der Waals surface area contributed by atoms with Gasteiger partial charge >= 0.3 is 6.01 Å². The Morgan fingerprint density at radius 1 is 1.10 bits per heavy atom. The first-order valence-corrected chi connectivity index (χ1v) is 22.4. The molecule has 326 valence electrons. The van der Waals surface area contributed by atoms with Crippen molar-refractivity contribution in [1.29, 1.82) is 5.41 Å². The molecule has 7 rings (SSSR count). The molecule has 10 heteroatoms. The number of hydrogen-bond acceptors (Lipinski definition) is 9. The molecule has 2 aromatic carbocycles. The average molecular weight is 822 g/mol. The summed E-state index contributed by atoms with van der Waals surface area (Å²) in [6.07, 6.45) is 9.48. The lowest BCUT2D eigenvalue weighted by Crippen LogP contribution is -2.43. The normalized spacial score (nSPS) is 21.0. The van der Waals surface area contributed by atoms with Gasteiger partial charge in [-0.2, -0.15) is 9.97 Å². The van der Waals surface area contributed by atoms with Crippen LogP contribution in [0.2, 0.25) is 0 Å². The number of fused-ring (bicyclic) bond motifs is 3. The molecule has 9 nitrogen and oxygen atoms in total. The van der Waals surface area contributed by atoms with E-state index in [0.29, 0.717) is 78.7 Å². The van der Waals surface area contributed by atoms with Crippen molar-refractivity contribution >= 4 is 50.5 Å². The summed E-state index contributed by atoms with van der Waals surface area (Å²) in [5.74, 6) is 1.65. The van der Waals surface area contributed by atoms with Crippen LogP contribution in [0.3, 0.4) is 0 Å². The van der Waals surface area contributed by atoms with E-state index in [1.54, 1.807) is 6.08 Å². The first kappa shape index (κ1) is 48.0. The van der Waals surface area contributed by atoms with Gasteiger partial charge in [-0.05, 0) is 104 Å². The fraction of sp³-hybridized carbons (Fsp3) is 0.540. The molecule has 3 aliphatic heterocycles. The number of allylic oxidation sites excluding steroid dienone is 5. The van der Waals surface area contributed by atoms with Crippen LogP contribution in [0, 0.1) is 23.1 Å². The molecule has 0 saturated carbocycles. The number of nitrogens with zero attached hydrogens (tertiary/aromatic N) is 5. The second-order valence-corrected chi connectivity index (χ2v) is 17.0. The molecule has 4 aliphatic rings. The fourth-order valence-electron chi connectivity index (χ4n) is 8.80. The summed E-state index contributed by atoms with van der Waals surface area (Å²) in [7, 11) is 0. The van der Waals surface area contributed by atoms with Gasteiger partial charge in [0.25, 0.3) is 0 Å². The smallest absolute Gasteiger partial charge is 0.319 e. The molecule has 2 saturated heterocycles. The predicted molar refractivity (Wildman–Crippen MR) is 252 cm³/mol. The van der Waals surface area contributed by atoms with E-state index in [9.17, 15) is 10.2 Å². The number of Topliss-reactive ketones (excluding diaryl/α,β-unsaturated/α-hetero) is 1. The van der Waals surface area contributed by atoms with Crippen LogP contribution in [0.25, 0.3) is 27.5 Å². The second-order valence-electron chi connectivity index (χ2n) is 17.0. The maximum absolute atomic E-state index is 15.3. The third-order valence-corrected chi connectivity index (χ3v) is 11.1. The molecule has 4 heterocycles. The molecule has 2 fully saturated rings. The Bertz CT molecular complexity index is 2130. The van der Waals surface area contributed by atoms with Crippen molar-refractivity contribution in [2.75, 3.05) is 44.2 Å². The van der Waals surface area contributed by atoms with Crippen molar-refractivity contribution in [3.8, 4) is 6.01 Å². The van der Waals surface area contributed by atoms with Crippen LogP contribution in [0.1, 0.15) is 138 Å². The lowest BCUT2D eigenvalue weighted by Gasteiger charge is -2.33. The zero-order valence-electron chi connectivity index (χ0n) is 38.7. The first-order chi connectivity index (χ1) is 28.7. The van der Waals surface area contributed by atoms with Gasteiger partial charge in [0, 0.05) is 37.7 Å². The number of carbonyl (C=O) groups excluding carboxylic acids is 1. The van der Waals surface area contributed by atoms with Crippen LogP contribution in [-0.4, -0.2) is 76.9 Å². The van der Waals surface area contributed by atoms with Gasteiger partial charge in [-0.3, -0.25) is 20.1 Å². The molecule has 3 N–H and O–H groups in total. The number of benzene rings is 2. The van der Waals surface area contributed by atoms with Crippen molar-refractivity contribution in [3.63, 3.8) is 0 Å². The molecule has 0 spiro atoms. The van der Waals surface area contributed by atoms with E-state index in [2.05, 4.69) is 51.3 Å². The van der Waals surface area contributed by atoms with Crippen molar-refractivity contribution in [3.05, 3.63) is 76.4 Å². The molecule has 1 aliphatic carbocycles. The highest BCUT2D eigenvalue weighted by Crippen LogP contribution is 2.46. The minimum absolute atomic E-state index is 0.0213. The summed E-state index contributed by atoms with van der Waals surface area (Å²) in [4.78, 5) is 31.8. The quantitative estimate of drug-likeness (QED) is 0.217. The molecule has 0 radical (unpaired) electrons. The van der Waals surface area contributed by atoms with E-state index in [0.717, 1.165) is 77.7 Å². The summed E-state index contributed by atoms with van der Waals surface area (Å²) >= 11 is 0. The summed E-state index contributed by atoms with van der Waals surface area (Å²) in [6.45, 7) is 28.7. The highest BCUT2D eigenvalue weighted by atomic mass is 19.1. The number of halogens is 1. The van der Waals surface area contributed by atoms with Gasteiger partial charge < -0.3 is 15.4 Å². The van der Waals surface area contributed by atoms with Gasteiger partial charge in [-0.15, -0.1) is 0 Å². The SMILES string of the molecule is C/C=C1\C(=N)C(c2cccc3ccc(F)c(CC)c23)=C(C)c2nc(OCC34CCCN3CC(C)C4)nc(N3CCCN=C(/C=C(\N)C(C)=O)C3)c21.CC.CC(C)C.CCC. The summed E-state index contributed by atoms with van der Waals surface area (Å²) < 4.78 is 22.0. The molecule has 2 unspecified atom stereocenters. The molecular weight excluding hydrogens is 750 g/mol. The molecule has 2 atom stereocenters. The summed E-state index contributed by atoms with van der Waals surface area (Å²) in [5, 5.41) is 11.5. The fourth-order valence-corrected chi connectivity index (χ4v) is 8.80. The molecule has 3 aromatic rings. The van der Waals surface area contributed by atoms with Gasteiger partial charge in [0.15, 0.2) is 5.78 Å². The lowest BCUT2D eigenvalue weighted by molar-refractivity contribution is -0.113. The minimum Gasteiger partial charge on any atom is -0.461 e. The van der Waals surface area contributed by atoms with E-state index < -0.39 is 0 Å². The van der Waals surface area contributed by atoms with Crippen LogP contribution in [-0.2, 0) is 11.2 Å². The van der Waals surface area contributed by atoms with Crippen molar-refractivity contribution in [2.24, 2.45) is 22.6 Å². The Hall–Kier alpha value is -4.70. The monoisotopic (exact) mass is 822 g/mol. The van der Waals surface area contributed by atoms with Gasteiger partial charge in [0.2, 0.25) is 0 Å². The Morgan fingerprint density at radius 3 is 2.45 bits per heavy atom. The highest BCUT2D eigenvalue weighted by molar-refractivity contribution is 6.50. The zero-order chi connectivity index (χ0) is 44.3. The van der Waals surface area contributed by atoms with Crippen molar-refractivity contribution in [1.82, 2.24) is 14.9 Å². The molecular formula is C50H72FN7O2. The van der Waals surface area contributed by atoms with Gasteiger partial charge in [0.05, 0.1) is 40.5 Å². The molecule has 1 aromatic heterocycles. The topological polar surface area (TPSA) is 121 Å². The number of aromatic nitrogens is 2. The summed E-state index contributed by atoms with van der Waals surface area (Å²) in [6, 6.07) is 9.60. The average Bonchev–Trinajstić information content (AvgIpc) is 3.64. The van der Waals surface area contributed by atoms with Crippen LogP contribution >= 0.6 is 0 Å². The number of aryl methyl sites for hydroxylation is 1. The van der Waals surface area contributed by atoms with Crippen LogP contribution in [0.5, 0.6) is 6.01 Å². The number of carbonyl (C=O) groups is 1. The van der Waals surface area contributed by atoms with Crippen LogP contribution < -0.4 is 15.4 Å². The standard InChI is InChI=1S/C41H48FN7O2.C4H10.C3H8.C2H6/c1-6-29-32(42)14-13-27-11-8-12-31(35(27)29)34-25(4)38-36(30(7-2)37(34)44)39(48-17-10-16-45-28(22-48)19-33(43)26(5)50)47-40(46-38)51-23-41-15-9-18-49(41)21-24(3)20-41;1-4(2)3;1-3-2;1-2/h7-8,11-14,19,24,44H,6,9-10,15-18,20-23,43H2,1-5H3;4H,1-3H3;3H2,1-2H3;1-2H3/b30-7-,33-19-,44-37?;;;. The van der Waals surface area contributed by atoms with E-state index in [1.807, 2.05) is 65.0 Å². The van der Waals surface area contributed by atoms with Crippen molar-refractivity contribution in [2.45, 2.75) is 127 Å². The Kier molecular flexibility index (Phi) is 17.4. The number of nitrogens with one attached hydrogen (secondary N) is 1. The van der Waals surface area contributed by atoms with Gasteiger partial charge in [-0.25, -0.2) is 4.39 Å². The number of nitrogens with two attached hydrogens (primary N) is 1. The van der Waals surface area contributed by atoms with Gasteiger partial charge in [0.1, 0.15) is 18.2 Å². The first-order valence-electron chi connectivity index (χ1n) is 22.4.